The van der Waals surface area contributed by atoms with Gasteiger partial charge >= 0.3 is 0 Å². The maximum atomic E-state index is 13.5. The zero-order valence-electron chi connectivity index (χ0n) is 18.0. The maximum absolute atomic E-state index is 13.5. The van der Waals surface area contributed by atoms with Gasteiger partial charge in [0.15, 0.2) is 0 Å². The van der Waals surface area contributed by atoms with E-state index in [9.17, 15) is 9.59 Å². The van der Waals surface area contributed by atoms with Crippen LogP contribution in [-0.4, -0.2) is 33.6 Å². The van der Waals surface area contributed by atoms with Crippen molar-refractivity contribution < 1.29 is 9.59 Å². The van der Waals surface area contributed by atoms with Crippen LogP contribution in [0.5, 0.6) is 0 Å². The molecule has 156 valence electrons. The molecule has 0 saturated carbocycles. The molecule has 3 aromatic rings. The minimum atomic E-state index is -0.277. The standard InChI is InChI=1S/C26H25N3O2/c1-18-11-12-22(14-19(18)2)23-24(28(3)16-20-8-5-4-6-9-20)26(31)29(25(23)30)17-21-10-7-13-27-15-21/h4-15H,16-17H2,1-3H3. The molecule has 0 radical (unpaired) electrons. The first-order valence-corrected chi connectivity index (χ1v) is 10.3. The second-order valence-electron chi connectivity index (χ2n) is 7.92. The number of benzene rings is 2. The number of aryl methyl sites for hydroxylation is 2. The first-order chi connectivity index (χ1) is 15.0. The third-order valence-electron chi connectivity index (χ3n) is 5.65. The number of amides is 2. The molecule has 31 heavy (non-hydrogen) atoms. The number of imide groups is 1. The van der Waals surface area contributed by atoms with Gasteiger partial charge in [-0.3, -0.25) is 19.5 Å². The molecular weight excluding hydrogens is 386 g/mol. The molecule has 0 unspecified atom stereocenters. The Labute approximate surface area is 182 Å². The van der Waals surface area contributed by atoms with Crippen molar-refractivity contribution in [3.63, 3.8) is 0 Å². The highest BCUT2D eigenvalue weighted by Crippen LogP contribution is 2.33. The van der Waals surface area contributed by atoms with Gasteiger partial charge in [0.1, 0.15) is 5.70 Å². The average Bonchev–Trinajstić information content (AvgIpc) is 3.02. The van der Waals surface area contributed by atoms with Gasteiger partial charge in [-0.15, -0.1) is 0 Å². The van der Waals surface area contributed by atoms with Gasteiger partial charge < -0.3 is 4.90 Å². The number of nitrogens with zero attached hydrogens (tertiary/aromatic N) is 3. The lowest BCUT2D eigenvalue weighted by Gasteiger charge is -2.21. The molecular formula is C26H25N3O2. The molecule has 1 aliphatic heterocycles. The van der Waals surface area contributed by atoms with Crippen LogP contribution in [0.25, 0.3) is 5.57 Å². The molecule has 2 aromatic carbocycles. The van der Waals surface area contributed by atoms with Crippen LogP contribution in [-0.2, 0) is 22.7 Å². The number of hydrogen-bond donors (Lipinski definition) is 0. The Kier molecular flexibility index (Phi) is 5.67. The van der Waals surface area contributed by atoms with E-state index in [0.29, 0.717) is 17.8 Å². The van der Waals surface area contributed by atoms with Crippen LogP contribution < -0.4 is 0 Å². The molecule has 2 heterocycles. The fourth-order valence-electron chi connectivity index (χ4n) is 3.83. The first kappa shape index (κ1) is 20.5. The summed E-state index contributed by atoms with van der Waals surface area (Å²) in [5, 5.41) is 0. The molecule has 0 fully saturated rings. The minimum Gasteiger partial charge on any atom is -0.365 e. The fourth-order valence-corrected chi connectivity index (χ4v) is 3.83. The molecule has 5 nitrogen and oxygen atoms in total. The molecule has 4 rings (SSSR count). The Bertz CT molecular complexity index is 1150. The summed E-state index contributed by atoms with van der Waals surface area (Å²) in [6.45, 7) is 4.78. The number of hydrogen-bond acceptors (Lipinski definition) is 4. The van der Waals surface area contributed by atoms with Gasteiger partial charge in [-0.1, -0.05) is 54.6 Å². The fraction of sp³-hybridized carbons (Fsp3) is 0.192. The van der Waals surface area contributed by atoms with Crippen molar-refractivity contribution in [1.29, 1.82) is 0 Å². The van der Waals surface area contributed by atoms with Crippen LogP contribution in [0.2, 0.25) is 0 Å². The Morgan fingerprint density at radius 1 is 0.871 bits per heavy atom. The second kappa shape index (κ2) is 8.56. The normalized spacial score (nSPS) is 13.8. The van der Waals surface area contributed by atoms with E-state index < -0.39 is 0 Å². The number of pyridine rings is 1. The molecule has 0 saturated heterocycles. The number of aromatic nitrogens is 1. The van der Waals surface area contributed by atoms with Crippen molar-refractivity contribution in [3.05, 3.63) is 107 Å². The summed E-state index contributed by atoms with van der Waals surface area (Å²) >= 11 is 0. The van der Waals surface area contributed by atoms with Crippen LogP contribution in [0.15, 0.2) is 78.8 Å². The van der Waals surface area contributed by atoms with Crippen LogP contribution in [0.3, 0.4) is 0 Å². The molecule has 0 aliphatic carbocycles. The predicted molar refractivity (Wildman–Crippen MR) is 121 cm³/mol. The number of carbonyl (C=O) groups excluding carboxylic acids is 2. The largest absolute Gasteiger partial charge is 0.365 e. The van der Waals surface area contributed by atoms with Gasteiger partial charge in [-0.05, 0) is 47.7 Å². The van der Waals surface area contributed by atoms with E-state index in [2.05, 4.69) is 4.98 Å². The summed E-state index contributed by atoms with van der Waals surface area (Å²) in [5.41, 5.74) is 5.77. The molecule has 0 bridgehead atoms. The lowest BCUT2D eigenvalue weighted by molar-refractivity contribution is -0.138. The van der Waals surface area contributed by atoms with Gasteiger partial charge in [0.2, 0.25) is 0 Å². The number of rotatable bonds is 6. The lowest BCUT2D eigenvalue weighted by atomic mass is 9.99. The van der Waals surface area contributed by atoms with Gasteiger partial charge in [0.05, 0.1) is 12.1 Å². The highest BCUT2D eigenvalue weighted by atomic mass is 16.2. The maximum Gasteiger partial charge on any atom is 0.278 e. The molecule has 0 atom stereocenters. The van der Waals surface area contributed by atoms with Crippen molar-refractivity contribution in [1.82, 2.24) is 14.8 Å². The van der Waals surface area contributed by atoms with Crippen molar-refractivity contribution in [3.8, 4) is 0 Å². The summed E-state index contributed by atoms with van der Waals surface area (Å²) in [5.74, 6) is -0.549. The molecule has 2 amide bonds. The summed E-state index contributed by atoms with van der Waals surface area (Å²) in [6.07, 6.45) is 3.36. The first-order valence-electron chi connectivity index (χ1n) is 10.3. The highest BCUT2D eigenvalue weighted by molar-refractivity contribution is 6.35. The quantitative estimate of drug-likeness (QED) is 0.573. The highest BCUT2D eigenvalue weighted by Gasteiger charge is 2.40. The van der Waals surface area contributed by atoms with E-state index in [0.717, 1.165) is 27.8 Å². The molecule has 0 N–H and O–H groups in total. The minimum absolute atomic E-state index is 0.197. The van der Waals surface area contributed by atoms with E-state index in [1.807, 2.05) is 80.4 Å². The Morgan fingerprint density at radius 2 is 1.61 bits per heavy atom. The molecule has 1 aliphatic rings. The van der Waals surface area contributed by atoms with Crippen molar-refractivity contribution >= 4 is 17.4 Å². The van der Waals surface area contributed by atoms with Gasteiger partial charge in [-0.2, -0.15) is 0 Å². The average molecular weight is 412 g/mol. The summed E-state index contributed by atoms with van der Waals surface area (Å²) in [7, 11) is 1.86. The van der Waals surface area contributed by atoms with Crippen molar-refractivity contribution in [2.24, 2.45) is 0 Å². The zero-order valence-corrected chi connectivity index (χ0v) is 18.0. The third kappa shape index (κ3) is 4.12. The molecule has 1 aromatic heterocycles. The predicted octanol–water partition coefficient (Wildman–Crippen LogP) is 4.11. The summed E-state index contributed by atoms with van der Waals surface area (Å²) in [4.78, 5) is 34.3. The zero-order chi connectivity index (χ0) is 22.0. The Hall–Kier alpha value is -3.73. The van der Waals surface area contributed by atoms with Gasteiger partial charge in [0, 0.05) is 26.0 Å². The number of likely N-dealkylation sites (N-methyl/N-ethyl adjacent to an activating group) is 1. The van der Waals surface area contributed by atoms with E-state index in [4.69, 9.17) is 0 Å². The number of carbonyl (C=O) groups is 2. The van der Waals surface area contributed by atoms with Crippen LogP contribution in [0.4, 0.5) is 0 Å². The third-order valence-corrected chi connectivity index (χ3v) is 5.65. The van der Waals surface area contributed by atoms with E-state index in [1.54, 1.807) is 18.5 Å². The topological polar surface area (TPSA) is 53.5 Å². The van der Waals surface area contributed by atoms with Crippen LogP contribution >= 0.6 is 0 Å². The SMILES string of the molecule is Cc1ccc(C2=C(N(C)Cc3ccccc3)C(=O)N(Cc3cccnc3)C2=O)cc1C. The van der Waals surface area contributed by atoms with Gasteiger partial charge in [0.25, 0.3) is 11.8 Å². The summed E-state index contributed by atoms with van der Waals surface area (Å²) in [6, 6.07) is 19.5. The smallest absolute Gasteiger partial charge is 0.278 e. The van der Waals surface area contributed by atoms with Crippen LogP contribution in [0.1, 0.15) is 27.8 Å². The van der Waals surface area contributed by atoms with Crippen LogP contribution in [0, 0.1) is 13.8 Å². The van der Waals surface area contributed by atoms with E-state index in [-0.39, 0.29) is 18.4 Å². The van der Waals surface area contributed by atoms with E-state index in [1.165, 1.54) is 4.90 Å². The van der Waals surface area contributed by atoms with Gasteiger partial charge in [-0.25, -0.2) is 0 Å². The Balaban J connectivity index is 1.75. The summed E-state index contributed by atoms with van der Waals surface area (Å²) < 4.78 is 0. The monoisotopic (exact) mass is 411 g/mol. The molecule has 0 spiro atoms. The molecule has 5 heteroatoms. The Morgan fingerprint density at radius 3 is 2.29 bits per heavy atom. The van der Waals surface area contributed by atoms with E-state index >= 15 is 0 Å². The van der Waals surface area contributed by atoms with Crippen molar-refractivity contribution in [2.45, 2.75) is 26.9 Å². The lowest BCUT2D eigenvalue weighted by Crippen LogP contribution is -2.33. The van der Waals surface area contributed by atoms with Crippen molar-refractivity contribution in [2.75, 3.05) is 7.05 Å². The second-order valence-corrected chi connectivity index (χ2v) is 7.92.